The molecule has 2 aromatic rings. The van der Waals surface area contributed by atoms with Crippen molar-refractivity contribution in [3.05, 3.63) is 53.8 Å². The maximum atomic E-state index is 12.8. The summed E-state index contributed by atoms with van der Waals surface area (Å²) in [5.41, 5.74) is 1.13. The molecule has 0 aromatic heterocycles. The van der Waals surface area contributed by atoms with Gasteiger partial charge in [-0.25, -0.2) is 4.39 Å². The van der Waals surface area contributed by atoms with Crippen molar-refractivity contribution in [2.24, 2.45) is 0 Å². The van der Waals surface area contributed by atoms with E-state index in [9.17, 15) is 14.6 Å². The summed E-state index contributed by atoms with van der Waals surface area (Å²) in [5.74, 6) is -0.257. The first-order chi connectivity index (χ1) is 8.58. The van der Waals surface area contributed by atoms with Gasteiger partial charge in [-0.1, -0.05) is 6.07 Å². The number of hydrogen-bond acceptors (Lipinski definition) is 3. The second-order valence-corrected chi connectivity index (χ2v) is 4.08. The Morgan fingerprint density at radius 1 is 1.00 bits per heavy atom. The van der Waals surface area contributed by atoms with Gasteiger partial charge in [0.1, 0.15) is 17.3 Å². The van der Waals surface area contributed by atoms with Gasteiger partial charge in [0.2, 0.25) is 0 Å². The van der Waals surface area contributed by atoms with E-state index < -0.39 is 0 Å². The Morgan fingerprint density at radius 2 is 1.56 bits per heavy atom. The van der Waals surface area contributed by atoms with Crippen LogP contribution in [-0.4, -0.2) is 10.2 Å². The van der Waals surface area contributed by atoms with Gasteiger partial charge in [-0.2, -0.15) is 0 Å². The van der Waals surface area contributed by atoms with Crippen molar-refractivity contribution in [3.63, 3.8) is 0 Å². The third-order valence-electron chi connectivity index (χ3n) is 2.72. The molecule has 2 rings (SSSR count). The molecule has 1 unspecified atom stereocenters. The van der Waals surface area contributed by atoms with Crippen LogP contribution in [-0.2, 0) is 0 Å². The molecule has 2 aromatic carbocycles. The highest BCUT2D eigenvalue weighted by molar-refractivity contribution is 5.51. The molecule has 4 heteroatoms. The molecule has 0 spiro atoms. The van der Waals surface area contributed by atoms with E-state index in [0.29, 0.717) is 11.3 Å². The lowest BCUT2D eigenvalue weighted by Gasteiger charge is -2.18. The molecule has 0 aliphatic rings. The van der Waals surface area contributed by atoms with Crippen molar-refractivity contribution < 1.29 is 14.6 Å². The smallest absolute Gasteiger partial charge is 0.124 e. The summed E-state index contributed by atoms with van der Waals surface area (Å²) in [5, 5.41) is 22.5. The SMILES string of the molecule is CC(Nc1ccc(F)cc1)c1c(O)cccc1O. The second-order valence-electron chi connectivity index (χ2n) is 4.08. The lowest BCUT2D eigenvalue weighted by Crippen LogP contribution is -2.07. The normalized spacial score (nSPS) is 12.1. The molecule has 1 atom stereocenters. The molecule has 18 heavy (non-hydrogen) atoms. The number of phenols is 2. The maximum Gasteiger partial charge on any atom is 0.124 e. The molecule has 0 amide bonds. The van der Waals surface area contributed by atoms with Crippen LogP contribution in [0.25, 0.3) is 0 Å². The third kappa shape index (κ3) is 2.53. The third-order valence-corrected chi connectivity index (χ3v) is 2.72. The maximum absolute atomic E-state index is 12.8. The Hall–Kier alpha value is -2.23. The van der Waals surface area contributed by atoms with Crippen molar-refractivity contribution in [1.82, 2.24) is 0 Å². The fraction of sp³-hybridized carbons (Fsp3) is 0.143. The molecule has 0 saturated heterocycles. The number of rotatable bonds is 3. The molecule has 3 nitrogen and oxygen atoms in total. The number of hydrogen-bond donors (Lipinski definition) is 3. The van der Waals surface area contributed by atoms with Gasteiger partial charge in [0.15, 0.2) is 0 Å². The number of benzene rings is 2. The first-order valence-electron chi connectivity index (χ1n) is 5.61. The van der Waals surface area contributed by atoms with Gasteiger partial charge in [-0.3, -0.25) is 0 Å². The minimum atomic E-state index is -0.307. The monoisotopic (exact) mass is 247 g/mol. The summed E-state index contributed by atoms with van der Waals surface area (Å²) in [7, 11) is 0. The minimum Gasteiger partial charge on any atom is -0.507 e. The molecule has 0 radical (unpaired) electrons. The topological polar surface area (TPSA) is 52.5 Å². The zero-order chi connectivity index (χ0) is 13.1. The summed E-state index contributed by atoms with van der Waals surface area (Å²) in [4.78, 5) is 0. The van der Waals surface area contributed by atoms with Crippen molar-refractivity contribution >= 4 is 5.69 Å². The Balaban J connectivity index is 2.22. The Labute approximate surface area is 105 Å². The second kappa shape index (κ2) is 4.96. The Morgan fingerprint density at radius 3 is 2.11 bits per heavy atom. The molecule has 0 bridgehead atoms. The van der Waals surface area contributed by atoms with Gasteiger partial charge >= 0.3 is 0 Å². The van der Waals surface area contributed by atoms with Gasteiger partial charge in [0.05, 0.1) is 11.6 Å². The van der Waals surface area contributed by atoms with E-state index in [-0.39, 0.29) is 23.4 Å². The number of anilines is 1. The molecule has 3 N–H and O–H groups in total. The largest absolute Gasteiger partial charge is 0.507 e. The van der Waals surface area contributed by atoms with E-state index in [1.165, 1.54) is 24.3 Å². The standard InChI is InChI=1S/C14H14FNO2/c1-9(14-12(17)3-2-4-13(14)18)16-11-7-5-10(15)6-8-11/h2-9,16-18H,1H3. The number of halogens is 1. The highest BCUT2D eigenvalue weighted by Gasteiger charge is 2.14. The van der Waals surface area contributed by atoms with Gasteiger partial charge in [0.25, 0.3) is 0 Å². The van der Waals surface area contributed by atoms with Crippen LogP contribution in [0.5, 0.6) is 11.5 Å². The van der Waals surface area contributed by atoms with Gasteiger partial charge in [-0.15, -0.1) is 0 Å². The average Bonchev–Trinajstić information content (AvgIpc) is 2.32. The number of phenolic OH excluding ortho intramolecular Hbond substituents is 2. The van der Waals surface area contributed by atoms with Crippen LogP contribution >= 0.6 is 0 Å². The average molecular weight is 247 g/mol. The first kappa shape index (κ1) is 12.2. The molecule has 94 valence electrons. The highest BCUT2D eigenvalue weighted by Crippen LogP contribution is 2.33. The van der Waals surface area contributed by atoms with Crippen LogP contribution in [0.4, 0.5) is 10.1 Å². The molecule has 0 saturated carbocycles. The van der Waals surface area contributed by atoms with Gasteiger partial charge < -0.3 is 15.5 Å². The van der Waals surface area contributed by atoms with Crippen molar-refractivity contribution in [2.75, 3.05) is 5.32 Å². The fourth-order valence-corrected chi connectivity index (χ4v) is 1.85. The van der Waals surface area contributed by atoms with E-state index in [4.69, 9.17) is 0 Å². The lowest BCUT2D eigenvalue weighted by atomic mass is 10.1. The predicted octanol–water partition coefficient (Wildman–Crippen LogP) is 3.41. The van der Waals surface area contributed by atoms with E-state index in [2.05, 4.69) is 5.32 Å². The van der Waals surface area contributed by atoms with Crippen LogP contribution in [0.1, 0.15) is 18.5 Å². The zero-order valence-corrected chi connectivity index (χ0v) is 9.89. The van der Waals surface area contributed by atoms with Crippen LogP contribution in [0.3, 0.4) is 0 Å². The van der Waals surface area contributed by atoms with Gasteiger partial charge in [-0.05, 0) is 43.3 Å². The van der Waals surface area contributed by atoms with Crippen molar-refractivity contribution in [1.29, 1.82) is 0 Å². The van der Waals surface area contributed by atoms with E-state index in [1.54, 1.807) is 25.1 Å². The van der Waals surface area contributed by atoms with E-state index in [1.807, 2.05) is 0 Å². The fourth-order valence-electron chi connectivity index (χ4n) is 1.85. The summed E-state index contributed by atoms with van der Waals surface area (Å²) < 4.78 is 12.8. The summed E-state index contributed by atoms with van der Waals surface area (Å²) >= 11 is 0. The Bertz CT molecular complexity index is 520. The van der Waals surface area contributed by atoms with E-state index in [0.717, 1.165) is 0 Å². The Kier molecular flexibility index (Phi) is 3.37. The molecular weight excluding hydrogens is 233 g/mol. The molecule has 0 heterocycles. The quantitative estimate of drug-likeness (QED) is 0.779. The molecule has 0 aliphatic heterocycles. The number of aromatic hydroxyl groups is 2. The number of nitrogens with one attached hydrogen (secondary N) is 1. The summed E-state index contributed by atoms with van der Waals surface area (Å²) in [6.45, 7) is 1.80. The summed E-state index contributed by atoms with van der Waals surface area (Å²) in [6, 6.07) is 10.2. The minimum absolute atomic E-state index is 0.0251. The van der Waals surface area contributed by atoms with Crippen LogP contribution in [0.15, 0.2) is 42.5 Å². The highest BCUT2D eigenvalue weighted by atomic mass is 19.1. The molecule has 0 aliphatic carbocycles. The van der Waals surface area contributed by atoms with E-state index >= 15 is 0 Å². The summed E-state index contributed by atoms with van der Waals surface area (Å²) in [6.07, 6.45) is 0. The zero-order valence-electron chi connectivity index (χ0n) is 9.89. The van der Waals surface area contributed by atoms with Crippen LogP contribution in [0, 0.1) is 5.82 Å². The molecular formula is C14H14FNO2. The molecule has 0 fully saturated rings. The first-order valence-corrected chi connectivity index (χ1v) is 5.61. The van der Waals surface area contributed by atoms with Crippen molar-refractivity contribution in [3.8, 4) is 11.5 Å². The van der Waals surface area contributed by atoms with Crippen LogP contribution < -0.4 is 5.32 Å². The predicted molar refractivity (Wildman–Crippen MR) is 68.2 cm³/mol. The van der Waals surface area contributed by atoms with Crippen molar-refractivity contribution in [2.45, 2.75) is 13.0 Å². The van der Waals surface area contributed by atoms with Crippen LogP contribution in [0.2, 0.25) is 0 Å². The lowest BCUT2D eigenvalue weighted by molar-refractivity contribution is 0.434. The van der Waals surface area contributed by atoms with Gasteiger partial charge in [0, 0.05) is 5.69 Å².